The van der Waals surface area contributed by atoms with Gasteiger partial charge in [0.15, 0.2) is 0 Å². The molecule has 2 aromatic carbocycles. The molecule has 1 amide bonds. The molecule has 2 heterocycles. The molecule has 29 heavy (non-hydrogen) atoms. The van der Waals surface area contributed by atoms with Crippen molar-refractivity contribution in [3.63, 3.8) is 0 Å². The summed E-state index contributed by atoms with van der Waals surface area (Å²) in [5.74, 6) is 1.10. The van der Waals surface area contributed by atoms with E-state index in [9.17, 15) is 4.79 Å². The first-order chi connectivity index (χ1) is 14.1. The molecule has 0 radical (unpaired) electrons. The highest BCUT2D eigenvalue weighted by Crippen LogP contribution is 2.35. The zero-order valence-electron chi connectivity index (χ0n) is 17.9. The highest BCUT2D eigenvalue weighted by Gasteiger charge is 2.27. The summed E-state index contributed by atoms with van der Waals surface area (Å²) in [7, 11) is 0. The van der Waals surface area contributed by atoms with Gasteiger partial charge in [0.1, 0.15) is 0 Å². The number of hydrogen-bond acceptors (Lipinski definition) is 1. The summed E-state index contributed by atoms with van der Waals surface area (Å²) >= 11 is 0. The molecule has 0 unspecified atom stereocenters. The van der Waals surface area contributed by atoms with Crippen LogP contribution in [0.2, 0.25) is 0 Å². The molecule has 3 heteroatoms. The normalized spacial score (nSPS) is 16.3. The number of amides is 1. The number of piperidine rings is 1. The number of fused-ring (bicyclic) bond motifs is 1. The number of carbonyl (C=O) groups excluding carboxylic acids is 1. The third kappa shape index (κ3) is 4.10. The van der Waals surface area contributed by atoms with Gasteiger partial charge in [0, 0.05) is 49.1 Å². The van der Waals surface area contributed by atoms with Gasteiger partial charge in [-0.15, -0.1) is 0 Å². The second-order valence-electron chi connectivity index (χ2n) is 8.62. The predicted molar refractivity (Wildman–Crippen MR) is 120 cm³/mol. The van der Waals surface area contributed by atoms with Crippen LogP contribution >= 0.6 is 0 Å². The van der Waals surface area contributed by atoms with Crippen LogP contribution in [0, 0.1) is 12.8 Å². The lowest BCUT2D eigenvalue weighted by Gasteiger charge is -2.31. The summed E-state index contributed by atoms with van der Waals surface area (Å²) < 4.78 is 2.30. The Morgan fingerprint density at radius 3 is 2.45 bits per heavy atom. The van der Waals surface area contributed by atoms with E-state index in [-0.39, 0.29) is 11.8 Å². The van der Waals surface area contributed by atoms with Gasteiger partial charge >= 0.3 is 0 Å². The minimum Gasteiger partial charge on any atom is -0.347 e. The van der Waals surface area contributed by atoms with Crippen molar-refractivity contribution >= 4 is 16.8 Å². The van der Waals surface area contributed by atoms with Crippen molar-refractivity contribution < 1.29 is 4.79 Å². The first-order valence-corrected chi connectivity index (χ1v) is 11.0. The molecule has 152 valence electrons. The quantitative estimate of drug-likeness (QED) is 0.546. The third-order valence-corrected chi connectivity index (χ3v) is 6.53. The molecular formula is C26H32N2O. The lowest BCUT2D eigenvalue weighted by atomic mass is 9.87. The predicted octanol–water partition coefficient (Wildman–Crippen LogP) is 5.75. The number of rotatable bonds is 5. The smallest absolute Gasteiger partial charge is 0.223 e. The van der Waals surface area contributed by atoms with Crippen LogP contribution in [0.15, 0.2) is 54.7 Å². The topological polar surface area (TPSA) is 25.2 Å². The molecule has 0 spiro atoms. The fraction of sp³-hybridized carbons (Fsp3) is 0.423. The van der Waals surface area contributed by atoms with Gasteiger partial charge in [0.05, 0.1) is 0 Å². The van der Waals surface area contributed by atoms with E-state index in [1.807, 2.05) is 0 Å². The first kappa shape index (κ1) is 19.8. The second-order valence-corrected chi connectivity index (χ2v) is 8.62. The number of hydrogen-bond donors (Lipinski definition) is 0. The number of benzene rings is 2. The molecule has 0 N–H and O–H groups in total. The number of nitrogens with zero attached hydrogens (tertiary/aromatic N) is 2. The molecule has 1 aliphatic heterocycles. The Balaban J connectivity index is 1.72. The Morgan fingerprint density at radius 2 is 1.76 bits per heavy atom. The molecule has 0 aliphatic carbocycles. The lowest BCUT2D eigenvalue weighted by Crippen LogP contribution is -2.38. The zero-order valence-corrected chi connectivity index (χ0v) is 17.9. The Hall–Kier alpha value is -2.55. The van der Waals surface area contributed by atoms with Crippen molar-refractivity contribution in [1.29, 1.82) is 0 Å². The SMILES string of the molecule is CCn1cc([C@H](CC(=O)N2CCC(C)CC2)c2ccc(C)cc2)c2ccccc21. The number of carbonyl (C=O) groups is 1. The number of aryl methyl sites for hydroxylation is 2. The van der Waals surface area contributed by atoms with Gasteiger partial charge in [-0.05, 0) is 49.8 Å². The van der Waals surface area contributed by atoms with E-state index in [4.69, 9.17) is 0 Å². The second kappa shape index (κ2) is 8.44. The van der Waals surface area contributed by atoms with Gasteiger partial charge in [-0.1, -0.05) is 55.0 Å². The molecule has 0 bridgehead atoms. The average molecular weight is 389 g/mol. The Bertz CT molecular complexity index is 978. The van der Waals surface area contributed by atoms with Crippen molar-refractivity contribution in [3.8, 4) is 0 Å². The lowest BCUT2D eigenvalue weighted by molar-refractivity contribution is -0.132. The van der Waals surface area contributed by atoms with E-state index in [0.29, 0.717) is 6.42 Å². The molecule has 3 nitrogen and oxygen atoms in total. The van der Waals surface area contributed by atoms with E-state index >= 15 is 0 Å². The molecule has 1 atom stereocenters. The van der Waals surface area contributed by atoms with E-state index < -0.39 is 0 Å². The van der Waals surface area contributed by atoms with Gasteiger partial charge in [-0.2, -0.15) is 0 Å². The van der Waals surface area contributed by atoms with Gasteiger partial charge in [0.2, 0.25) is 5.91 Å². The van der Waals surface area contributed by atoms with Crippen molar-refractivity contribution in [2.24, 2.45) is 5.92 Å². The van der Waals surface area contributed by atoms with Crippen LogP contribution in [0.4, 0.5) is 0 Å². The molecule has 1 aromatic heterocycles. The Labute approximate surface area is 174 Å². The minimum atomic E-state index is 0.0835. The summed E-state index contributed by atoms with van der Waals surface area (Å²) in [6.07, 6.45) is 5.04. The summed E-state index contributed by atoms with van der Waals surface area (Å²) in [6, 6.07) is 17.3. The highest BCUT2D eigenvalue weighted by atomic mass is 16.2. The van der Waals surface area contributed by atoms with Crippen LogP contribution in [0.1, 0.15) is 55.7 Å². The standard InChI is InChI=1S/C26H32N2O/c1-4-27-18-24(22-7-5-6-8-25(22)27)23(21-11-9-19(2)10-12-21)17-26(29)28-15-13-20(3)14-16-28/h5-12,18,20,23H,4,13-17H2,1-3H3/t23-/m1/s1. The van der Waals surface area contributed by atoms with E-state index in [1.54, 1.807) is 0 Å². The van der Waals surface area contributed by atoms with Crippen LogP contribution in [0.3, 0.4) is 0 Å². The summed E-state index contributed by atoms with van der Waals surface area (Å²) in [5, 5.41) is 1.26. The number of aromatic nitrogens is 1. The van der Waals surface area contributed by atoms with Gasteiger partial charge < -0.3 is 9.47 Å². The van der Waals surface area contributed by atoms with Gasteiger partial charge in [0.25, 0.3) is 0 Å². The zero-order chi connectivity index (χ0) is 20.4. The van der Waals surface area contributed by atoms with Gasteiger partial charge in [-0.25, -0.2) is 0 Å². The van der Waals surface area contributed by atoms with E-state index in [0.717, 1.165) is 38.4 Å². The van der Waals surface area contributed by atoms with E-state index in [2.05, 4.69) is 85.0 Å². The summed E-state index contributed by atoms with van der Waals surface area (Å²) in [5.41, 5.74) is 5.00. The maximum Gasteiger partial charge on any atom is 0.223 e. The number of para-hydroxylation sites is 1. The monoisotopic (exact) mass is 388 g/mol. The average Bonchev–Trinajstić information content (AvgIpc) is 3.12. The minimum absolute atomic E-state index is 0.0835. The molecule has 1 fully saturated rings. The van der Waals surface area contributed by atoms with Crippen molar-refractivity contribution in [3.05, 3.63) is 71.4 Å². The summed E-state index contributed by atoms with van der Waals surface area (Å²) in [6.45, 7) is 9.31. The highest BCUT2D eigenvalue weighted by molar-refractivity contribution is 5.86. The van der Waals surface area contributed by atoms with Crippen LogP contribution in [0.5, 0.6) is 0 Å². The van der Waals surface area contributed by atoms with Crippen molar-refractivity contribution in [2.75, 3.05) is 13.1 Å². The van der Waals surface area contributed by atoms with Crippen LogP contribution in [-0.4, -0.2) is 28.5 Å². The molecule has 0 saturated carbocycles. The molecule has 3 aromatic rings. The first-order valence-electron chi connectivity index (χ1n) is 11.0. The summed E-state index contributed by atoms with van der Waals surface area (Å²) in [4.78, 5) is 15.3. The van der Waals surface area contributed by atoms with Gasteiger partial charge in [-0.3, -0.25) is 4.79 Å². The Kier molecular flexibility index (Phi) is 5.75. The fourth-order valence-corrected chi connectivity index (χ4v) is 4.58. The molecule has 4 rings (SSSR count). The maximum atomic E-state index is 13.3. The Morgan fingerprint density at radius 1 is 1.07 bits per heavy atom. The van der Waals surface area contributed by atoms with Crippen molar-refractivity contribution in [2.45, 2.75) is 52.5 Å². The van der Waals surface area contributed by atoms with Crippen molar-refractivity contribution in [1.82, 2.24) is 9.47 Å². The number of likely N-dealkylation sites (tertiary alicyclic amines) is 1. The van der Waals surface area contributed by atoms with Crippen LogP contribution < -0.4 is 0 Å². The molecule has 1 saturated heterocycles. The van der Waals surface area contributed by atoms with E-state index in [1.165, 1.54) is 27.6 Å². The molecular weight excluding hydrogens is 356 g/mol. The third-order valence-electron chi connectivity index (χ3n) is 6.53. The maximum absolute atomic E-state index is 13.3. The van der Waals surface area contributed by atoms with Crippen LogP contribution in [-0.2, 0) is 11.3 Å². The largest absolute Gasteiger partial charge is 0.347 e. The fourth-order valence-electron chi connectivity index (χ4n) is 4.58. The molecule has 1 aliphatic rings. The van der Waals surface area contributed by atoms with Crippen LogP contribution in [0.25, 0.3) is 10.9 Å².